The molecule has 5 heteroatoms. The van der Waals surface area contributed by atoms with Gasteiger partial charge < -0.3 is 10.4 Å². The highest BCUT2D eigenvalue weighted by Gasteiger charge is 2.29. The molecular weight excluding hydrogens is 267 g/mol. The molecule has 2 nitrogen and oxygen atoms in total. The quantitative estimate of drug-likeness (QED) is 0.900. The van der Waals surface area contributed by atoms with Gasteiger partial charge in [-0.15, -0.1) is 0 Å². The first-order chi connectivity index (χ1) is 9.44. The molecule has 106 valence electrons. The smallest absolute Gasteiger partial charge is 0.131 e. The zero-order chi connectivity index (χ0) is 14.8. The summed E-state index contributed by atoms with van der Waals surface area (Å²) in [7, 11) is 0. The van der Waals surface area contributed by atoms with Gasteiger partial charge in [0, 0.05) is 17.3 Å². The van der Waals surface area contributed by atoms with Crippen molar-refractivity contribution in [1.82, 2.24) is 0 Å². The van der Waals surface area contributed by atoms with E-state index in [0.717, 1.165) is 12.1 Å². The maximum atomic E-state index is 13.8. The zero-order valence-electron chi connectivity index (χ0n) is 10.8. The van der Waals surface area contributed by atoms with Crippen molar-refractivity contribution in [3.8, 4) is 0 Å². The second-order valence-corrected chi connectivity index (χ2v) is 4.75. The Balaban J connectivity index is 2.38. The molecule has 2 N–H and O–H groups in total. The van der Waals surface area contributed by atoms with Crippen LogP contribution in [0.3, 0.4) is 0 Å². The lowest BCUT2D eigenvalue weighted by atomic mass is 9.92. The lowest BCUT2D eigenvalue weighted by molar-refractivity contribution is 0.220. The molecule has 0 aliphatic carbocycles. The van der Waals surface area contributed by atoms with Gasteiger partial charge in [0.05, 0.1) is 12.1 Å². The van der Waals surface area contributed by atoms with Gasteiger partial charge >= 0.3 is 0 Å². The van der Waals surface area contributed by atoms with E-state index in [1.165, 1.54) is 24.3 Å². The summed E-state index contributed by atoms with van der Waals surface area (Å²) in [4.78, 5) is 0. The minimum Gasteiger partial charge on any atom is -0.394 e. The van der Waals surface area contributed by atoms with Crippen molar-refractivity contribution in [1.29, 1.82) is 0 Å². The number of aliphatic hydroxyl groups is 1. The number of halogens is 3. The molecule has 0 aliphatic rings. The highest BCUT2D eigenvalue weighted by molar-refractivity contribution is 5.48. The molecule has 20 heavy (non-hydrogen) atoms. The summed E-state index contributed by atoms with van der Waals surface area (Å²) >= 11 is 0. The molecule has 0 spiro atoms. The summed E-state index contributed by atoms with van der Waals surface area (Å²) in [5.74, 6) is -1.92. The molecule has 2 aromatic carbocycles. The fourth-order valence-corrected chi connectivity index (χ4v) is 2.01. The number of aliphatic hydroxyl groups excluding tert-OH is 1. The van der Waals surface area contributed by atoms with E-state index in [0.29, 0.717) is 5.69 Å². The van der Waals surface area contributed by atoms with Gasteiger partial charge in [0.2, 0.25) is 0 Å². The second-order valence-electron chi connectivity index (χ2n) is 4.75. The molecular formula is C15H14F3NO. The first-order valence-electron chi connectivity index (χ1n) is 6.05. The predicted molar refractivity (Wildman–Crippen MR) is 70.8 cm³/mol. The summed E-state index contributed by atoms with van der Waals surface area (Å²) in [6.07, 6.45) is 0. The Bertz CT molecular complexity index is 618. The zero-order valence-corrected chi connectivity index (χ0v) is 10.8. The van der Waals surface area contributed by atoms with Crippen LogP contribution in [-0.4, -0.2) is 11.7 Å². The van der Waals surface area contributed by atoms with Crippen molar-refractivity contribution in [2.24, 2.45) is 0 Å². The number of benzene rings is 2. The molecule has 1 atom stereocenters. The van der Waals surface area contributed by atoms with Gasteiger partial charge in [-0.3, -0.25) is 0 Å². The van der Waals surface area contributed by atoms with Gasteiger partial charge in [-0.05, 0) is 31.2 Å². The number of nitrogens with one attached hydrogen (secondary N) is 1. The molecule has 0 amide bonds. The van der Waals surface area contributed by atoms with E-state index in [9.17, 15) is 18.3 Å². The SMILES string of the molecule is CC(CO)(Nc1cccc(F)c1)c1ccc(F)cc1F. The Labute approximate surface area is 114 Å². The molecule has 0 saturated carbocycles. The highest BCUT2D eigenvalue weighted by Crippen LogP contribution is 2.28. The molecule has 0 aliphatic heterocycles. The summed E-state index contributed by atoms with van der Waals surface area (Å²) in [5.41, 5.74) is -0.693. The highest BCUT2D eigenvalue weighted by atomic mass is 19.1. The van der Waals surface area contributed by atoms with Gasteiger partial charge in [0.15, 0.2) is 0 Å². The van der Waals surface area contributed by atoms with E-state index >= 15 is 0 Å². The topological polar surface area (TPSA) is 32.3 Å². The van der Waals surface area contributed by atoms with E-state index in [4.69, 9.17) is 0 Å². The van der Waals surface area contributed by atoms with Gasteiger partial charge in [-0.1, -0.05) is 12.1 Å². The average Bonchev–Trinajstić information content (AvgIpc) is 2.38. The largest absolute Gasteiger partial charge is 0.394 e. The Morgan fingerprint density at radius 1 is 1.05 bits per heavy atom. The van der Waals surface area contributed by atoms with Crippen molar-refractivity contribution in [2.45, 2.75) is 12.5 Å². The van der Waals surface area contributed by atoms with Crippen LogP contribution in [0.25, 0.3) is 0 Å². The number of rotatable bonds is 4. The standard InChI is InChI=1S/C15H14F3NO/c1-15(9-20,13-6-5-11(17)8-14(13)18)19-12-4-2-3-10(16)7-12/h2-8,19-20H,9H2,1H3. The molecule has 0 aromatic heterocycles. The van der Waals surface area contributed by atoms with E-state index in [1.54, 1.807) is 13.0 Å². The Kier molecular flexibility index (Phi) is 3.99. The molecule has 0 radical (unpaired) electrons. The average molecular weight is 281 g/mol. The summed E-state index contributed by atoms with van der Waals surface area (Å²) in [6.45, 7) is 1.11. The lowest BCUT2D eigenvalue weighted by Gasteiger charge is -2.31. The Morgan fingerprint density at radius 2 is 1.75 bits per heavy atom. The minimum atomic E-state index is -1.19. The van der Waals surface area contributed by atoms with Gasteiger partial charge in [0.25, 0.3) is 0 Å². The second kappa shape index (κ2) is 5.54. The maximum absolute atomic E-state index is 13.8. The van der Waals surface area contributed by atoms with Crippen LogP contribution in [-0.2, 0) is 5.54 Å². The van der Waals surface area contributed by atoms with Crippen LogP contribution < -0.4 is 5.32 Å². The predicted octanol–water partition coefficient (Wildman–Crippen LogP) is 3.42. The van der Waals surface area contributed by atoms with Crippen molar-refractivity contribution in [2.75, 3.05) is 11.9 Å². The molecule has 0 bridgehead atoms. The Hall–Kier alpha value is -2.01. The van der Waals surface area contributed by atoms with Crippen LogP contribution >= 0.6 is 0 Å². The minimum absolute atomic E-state index is 0.102. The maximum Gasteiger partial charge on any atom is 0.131 e. The number of hydrogen-bond donors (Lipinski definition) is 2. The van der Waals surface area contributed by atoms with Crippen LogP contribution in [0.15, 0.2) is 42.5 Å². The van der Waals surface area contributed by atoms with E-state index in [2.05, 4.69) is 5.32 Å². The third-order valence-corrected chi connectivity index (χ3v) is 3.09. The van der Waals surface area contributed by atoms with Crippen LogP contribution in [0, 0.1) is 17.5 Å². The van der Waals surface area contributed by atoms with E-state index in [-0.39, 0.29) is 5.56 Å². The van der Waals surface area contributed by atoms with Gasteiger partial charge in [0.1, 0.15) is 17.5 Å². The van der Waals surface area contributed by atoms with Crippen LogP contribution in [0.4, 0.5) is 18.9 Å². The molecule has 1 unspecified atom stereocenters. The summed E-state index contributed by atoms with van der Waals surface area (Å²) < 4.78 is 40.0. The van der Waals surface area contributed by atoms with Crippen molar-refractivity contribution >= 4 is 5.69 Å². The van der Waals surface area contributed by atoms with Crippen LogP contribution in [0.5, 0.6) is 0 Å². The first-order valence-corrected chi connectivity index (χ1v) is 6.05. The number of hydrogen-bond acceptors (Lipinski definition) is 2. The Morgan fingerprint density at radius 3 is 2.35 bits per heavy atom. The summed E-state index contributed by atoms with van der Waals surface area (Å²) in [6, 6.07) is 8.72. The van der Waals surface area contributed by atoms with E-state index in [1.807, 2.05) is 0 Å². The molecule has 2 rings (SSSR count). The first kappa shape index (κ1) is 14.4. The molecule has 0 fully saturated rings. The third kappa shape index (κ3) is 2.93. The fraction of sp³-hybridized carbons (Fsp3) is 0.200. The van der Waals surface area contributed by atoms with Crippen molar-refractivity contribution < 1.29 is 18.3 Å². The third-order valence-electron chi connectivity index (χ3n) is 3.09. The molecule has 0 saturated heterocycles. The lowest BCUT2D eigenvalue weighted by Crippen LogP contribution is -2.36. The van der Waals surface area contributed by atoms with Crippen LogP contribution in [0.2, 0.25) is 0 Å². The normalized spacial score (nSPS) is 13.8. The molecule has 0 heterocycles. The fourth-order valence-electron chi connectivity index (χ4n) is 2.01. The monoisotopic (exact) mass is 281 g/mol. The number of anilines is 1. The van der Waals surface area contributed by atoms with E-state index < -0.39 is 29.6 Å². The van der Waals surface area contributed by atoms with Gasteiger partial charge in [-0.25, -0.2) is 13.2 Å². The molecule has 2 aromatic rings. The summed E-state index contributed by atoms with van der Waals surface area (Å²) in [5, 5.41) is 12.4. The van der Waals surface area contributed by atoms with Crippen molar-refractivity contribution in [3.05, 3.63) is 65.5 Å². The van der Waals surface area contributed by atoms with Crippen LogP contribution in [0.1, 0.15) is 12.5 Å². The van der Waals surface area contributed by atoms with Crippen molar-refractivity contribution in [3.63, 3.8) is 0 Å². The van der Waals surface area contributed by atoms with Gasteiger partial charge in [-0.2, -0.15) is 0 Å².